The number of carbonyl (C=O) groups is 3. The lowest BCUT2D eigenvalue weighted by Gasteiger charge is -2.23. The van der Waals surface area contributed by atoms with Gasteiger partial charge < -0.3 is 10.2 Å². The van der Waals surface area contributed by atoms with Crippen LogP contribution in [0.5, 0.6) is 0 Å². The summed E-state index contributed by atoms with van der Waals surface area (Å²) in [4.78, 5) is 52.2. The number of amides is 2. The second-order valence-electron chi connectivity index (χ2n) is 9.87. The SMILES string of the molecule is CC(=O)c1nn(CC(=O)N2C[C@H](F)C[C@H]2C(=O)Nc2cccc(Br)n2)c2ccc(-c3cnc(S(=N)(=O)NS(C)=O)nc3)cc12. The molecule has 0 radical (unpaired) electrons. The van der Waals surface area contributed by atoms with Crippen molar-refractivity contribution in [3.05, 3.63) is 59.1 Å². The first-order valence-corrected chi connectivity index (χ1v) is 16.8. The lowest BCUT2D eigenvalue weighted by Crippen LogP contribution is -2.44. The minimum atomic E-state index is -3.68. The first kappa shape index (κ1) is 31.4. The Bertz CT molecular complexity index is 1920. The van der Waals surface area contributed by atoms with Crippen molar-refractivity contribution in [1.29, 1.82) is 4.78 Å². The second kappa shape index (κ2) is 12.5. The van der Waals surface area contributed by atoms with Gasteiger partial charge in [0.05, 0.1) is 12.1 Å². The molecule has 0 saturated carbocycles. The van der Waals surface area contributed by atoms with Crippen LogP contribution in [0.15, 0.2) is 58.6 Å². The Morgan fingerprint density at radius 3 is 2.57 bits per heavy atom. The lowest BCUT2D eigenvalue weighted by atomic mass is 10.0. The van der Waals surface area contributed by atoms with E-state index in [1.54, 1.807) is 36.4 Å². The summed E-state index contributed by atoms with van der Waals surface area (Å²) in [6.07, 6.45) is 2.35. The number of hydrogen-bond acceptors (Lipinski definition) is 10. The van der Waals surface area contributed by atoms with Gasteiger partial charge in [0, 0.05) is 42.9 Å². The minimum absolute atomic E-state index is 0.0933. The molecule has 3 aromatic heterocycles. The topological polar surface area (TPSA) is 193 Å². The van der Waals surface area contributed by atoms with E-state index in [0.717, 1.165) is 0 Å². The molecule has 14 nitrogen and oxygen atoms in total. The van der Waals surface area contributed by atoms with E-state index < -0.39 is 44.9 Å². The number of aromatic nitrogens is 5. The maximum Gasteiger partial charge on any atom is 0.248 e. The number of pyridine rings is 1. The molecule has 0 spiro atoms. The number of nitrogens with zero attached hydrogens (tertiary/aromatic N) is 6. The highest BCUT2D eigenvalue weighted by Gasteiger charge is 2.40. The van der Waals surface area contributed by atoms with Crippen LogP contribution in [0.4, 0.5) is 10.2 Å². The van der Waals surface area contributed by atoms with Crippen LogP contribution in [0.1, 0.15) is 23.8 Å². The van der Waals surface area contributed by atoms with E-state index in [9.17, 15) is 27.2 Å². The molecule has 5 rings (SSSR count). The van der Waals surface area contributed by atoms with Crippen LogP contribution < -0.4 is 9.44 Å². The standard InChI is InChI=1S/C26H25BrFN9O5S2/c1-14(38)24-18-8-15(16-10-30-26(31-11-16)44(29,42)35-43(2)41)6-7-19(18)37(34-24)13-23(39)36-12-17(28)9-20(36)25(40)33-22-5-3-4-21(27)32-22/h3-8,10-11,17,20H,9,12-13H2,1-2H3,(H2,29,35,42)(H,32,33,40)/t17-,20+,43?,44?/m1/s1. The van der Waals surface area contributed by atoms with Crippen LogP contribution in [0.25, 0.3) is 22.0 Å². The van der Waals surface area contributed by atoms with Crippen LogP contribution in [0, 0.1) is 4.78 Å². The Hall–Kier alpha value is -4.00. The summed E-state index contributed by atoms with van der Waals surface area (Å²) in [5.74, 6) is -1.24. The molecule has 0 aliphatic carbocycles. The number of alkyl halides is 1. The first-order chi connectivity index (χ1) is 20.8. The number of halogens is 2. The van der Waals surface area contributed by atoms with Gasteiger partial charge in [0.15, 0.2) is 15.7 Å². The number of fused-ring (bicyclic) bond motifs is 1. The molecule has 2 unspecified atom stereocenters. The first-order valence-electron chi connectivity index (χ1n) is 12.9. The van der Waals surface area contributed by atoms with Crippen molar-refractivity contribution in [3.63, 3.8) is 0 Å². The quantitative estimate of drug-likeness (QED) is 0.133. The van der Waals surface area contributed by atoms with E-state index >= 15 is 0 Å². The number of rotatable bonds is 9. The van der Waals surface area contributed by atoms with E-state index in [1.165, 1.54) is 35.2 Å². The van der Waals surface area contributed by atoms with Crippen molar-refractivity contribution in [3.8, 4) is 11.1 Å². The number of Topliss-reactive ketones (excluding diaryl/α,β-unsaturated/α-hetero) is 1. The molecule has 1 saturated heterocycles. The van der Waals surface area contributed by atoms with Crippen molar-refractivity contribution in [1.82, 2.24) is 33.8 Å². The summed E-state index contributed by atoms with van der Waals surface area (Å²) >= 11 is 3.23. The number of hydrogen-bond donors (Lipinski definition) is 3. The smallest absolute Gasteiger partial charge is 0.248 e. The van der Waals surface area contributed by atoms with Gasteiger partial charge >= 0.3 is 0 Å². The zero-order chi connectivity index (χ0) is 31.8. The zero-order valence-electron chi connectivity index (χ0n) is 23.2. The molecule has 1 aromatic carbocycles. The van der Waals surface area contributed by atoms with Crippen molar-refractivity contribution in [2.75, 3.05) is 18.1 Å². The fraction of sp³-hybridized carbons (Fsp3) is 0.269. The molecule has 4 heterocycles. The Morgan fingerprint density at radius 1 is 1.18 bits per heavy atom. The minimum Gasteiger partial charge on any atom is -0.326 e. The third kappa shape index (κ3) is 6.72. The molecule has 2 amide bonds. The predicted octanol–water partition coefficient (Wildman–Crippen LogP) is 2.63. The molecule has 1 aliphatic heterocycles. The number of likely N-dealkylation sites (tertiary alicyclic amines) is 1. The van der Waals surface area contributed by atoms with Crippen LogP contribution in [0.2, 0.25) is 0 Å². The average Bonchev–Trinajstić information content (AvgIpc) is 3.53. The molecule has 1 fully saturated rings. The van der Waals surface area contributed by atoms with Gasteiger partial charge in [-0.05, 0) is 45.8 Å². The molecule has 1 aliphatic rings. The number of carbonyl (C=O) groups excluding carboxylic acids is 3. The van der Waals surface area contributed by atoms with Gasteiger partial charge in [0.2, 0.25) is 17.0 Å². The predicted molar refractivity (Wildman–Crippen MR) is 163 cm³/mol. The highest BCUT2D eigenvalue weighted by molar-refractivity contribution is 9.10. The number of nitrogens with one attached hydrogen (secondary N) is 3. The number of anilines is 1. The van der Waals surface area contributed by atoms with E-state index in [4.69, 9.17) is 4.78 Å². The van der Waals surface area contributed by atoms with Gasteiger partial charge in [-0.3, -0.25) is 19.1 Å². The summed E-state index contributed by atoms with van der Waals surface area (Å²) in [7, 11) is -5.40. The second-order valence-corrected chi connectivity index (χ2v) is 13.7. The van der Waals surface area contributed by atoms with Gasteiger partial charge in [-0.25, -0.2) is 32.5 Å². The molecular formula is C26H25BrFN9O5S2. The maximum atomic E-state index is 14.5. The summed E-state index contributed by atoms with van der Waals surface area (Å²) in [5.41, 5.74) is 1.58. The Kier molecular flexibility index (Phi) is 8.96. The Labute approximate surface area is 261 Å². The van der Waals surface area contributed by atoms with Gasteiger partial charge in [-0.1, -0.05) is 12.1 Å². The van der Waals surface area contributed by atoms with Crippen molar-refractivity contribution in [2.24, 2.45) is 0 Å². The summed E-state index contributed by atoms with van der Waals surface area (Å²) in [6, 6.07) is 8.85. The van der Waals surface area contributed by atoms with E-state index in [-0.39, 0.29) is 42.0 Å². The van der Waals surface area contributed by atoms with Crippen molar-refractivity contribution < 1.29 is 27.2 Å². The monoisotopic (exact) mass is 705 g/mol. The van der Waals surface area contributed by atoms with Gasteiger partial charge in [-0.15, -0.1) is 4.13 Å². The maximum absolute atomic E-state index is 14.5. The number of ketones is 1. The van der Waals surface area contributed by atoms with Crippen molar-refractivity contribution in [2.45, 2.75) is 37.3 Å². The highest BCUT2D eigenvalue weighted by Crippen LogP contribution is 2.28. The van der Waals surface area contributed by atoms with Gasteiger partial charge in [-0.2, -0.15) is 5.10 Å². The van der Waals surface area contributed by atoms with Crippen LogP contribution in [-0.2, 0) is 37.0 Å². The fourth-order valence-electron chi connectivity index (χ4n) is 4.77. The molecular weight excluding hydrogens is 681 g/mol. The average molecular weight is 707 g/mol. The van der Waals surface area contributed by atoms with E-state index in [2.05, 4.69) is 45.4 Å². The third-order valence-corrected chi connectivity index (χ3v) is 9.71. The number of benzene rings is 1. The zero-order valence-corrected chi connectivity index (χ0v) is 26.4. The molecule has 230 valence electrons. The highest BCUT2D eigenvalue weighted by atomic mass is 79.9. The molecule has 3 N–H and O–H groups in total. The van der Waals surface area contributed by atoms with Gasteiger partial charge in [0.25, 0.3) is 0 Å². The van der Waals surface area contributed by atoms with Crippen LogP contribution in [-0.4, -0.2) is 80.7 Å². The van der Waals surface area contributed by atoms with E-state index in [1.807, 2.05) is 0 Å². The van der Waals surface area contributed by atoms with E-state index in [0.29, 0.717) is 26.6 Å². The molecule has 4 atom stereocenters. The summed E-state index contributed by atoms with van der Waals surface area (Å²) < 4.78 is 50.1. The molecule has 0 bridgehead atoms. The summed E-state index contributed by atoms with van der Waals surface area (Å²) in [6.45, 7) is 0.713. The lowest BCUT2D eigenvalue weighted by molar-refractivity contribution is -0.137. The Morgan fingerprint density at radius 2 is 1.91 bits per heavy atom. The largest absolute Gasteiger partial charge is 0.326 e. The summed E-state index contributed by atoms with van der Waals surface area (Å²) in [5, 5.41) is 7.06. The van der Waals surface area contributed by atoms with Gasteiger partial charge in [0.1, 0.15) is 45.9 Å². The Balaban J connectivity index is 1.39. The normalized spacial score (nSPS) is 18.6. The molecule has 4 aromatic rings. The third-order valence-electron chi connectivity index (χ3n) is 6.66. The molecule has 44 heavy (non-hydrogen) atoms. The van der Waals surface area contributed by atoms with Crippen molar-refractivity contribution >= 4 is 71.1 Å². The van der Waals surface area contributed by atoms with Crippen LogP contribution >= 0.6 is 15.9 Å². The molecule has 18 heteroatoms. The fourth-order valence-corrected chi connectivity index (χ4v) is 7.14. The van der Waals surface area contributed by atoms with Crippen LogP contribution in [0.3, 0.4) is 0 Å².